The first kappa shape index (κ1) is 19.5. The fraction of sp³-hybridized carbons (Fsp3) is 0.350. The molecule has 4 nitrogen and oxygen atoms in total. The minimum Gasteiger partial charge on any atom is -0.488 e. The van der Waals surface area contributed by atoms with Crippen molar-refractivity contribution in [2.75, 3.05) is 13.7 Å². The molecule has 0 amide bonds. The predicted octanol–water partition coefficient (Wildman–Crippen LogP) is 4.63. The van der Waals surface area contributed by atoms with Crippen molar-refractivity contribution >= 4 is 21.9 Å². The highest BCUT2D eigenvalue weighted by Gasteiger charge is 2.21. The van der Waals surface area contributed by atoms with E-state index in [2.05, 4.69) is 28.2 Å². The molecule has 134 valence electrons. The average Bonchev–Trinajstić information content (AvgIpc) is 2.63. The summed E-state index contributed by atoms with van der Waals surface area (Å²) in [6.07, 6.45) is 1.87. The highest BCUT2D eigenvalue weighted by Crippen LogP contribution is 2.29. The van der Waals surface area contributed by atoms with Crippen molar-refractivity contribution in [3.8, 4) is 5.75 Å². The van der Waals surface area contributed by atoms with Crippen molar-refractivity contribution in [1.29, 1.82) is 0 Å². The van der Waals surface area contributed by atoms with E-state index in [-0.39, 0.29) is 5.97 Å². The van der Waals surface area contributed by atoms with E-state index in [1.54, 1.807) is 7.05 Å². The van der Waals surface area contributed by atoms with E-state index in [4.69, 9.17) is 9.47 Å². The Bertz CT molecular complexity index is 676. The van der Waals surface area contributed by atoms with Crippen LogP contribution in [-0.4, -0.2) is 19.6 Å². The molecule has 25 heavy (non-hydrogen) atoms. The monoisotopic (exact) mass is 405 g/mol. The smallest absolute Gasteiger partial charge is 0.327 e. The lowest BCUT2D eigenvalue weighted by Crippen LogP contribution is -2.27. The molecule has 2 rings (SSSR count). The highest BCUT2D eigenvalue weighted by atomic mass is 79.9. The summed E-state index contributed by atoms with van der Waals surface area (Å²) >= 11 is 3.53. The lowest BCUT2D eigenvalue weighted by molar-refractivity contribution is -0.146. The molecule has 0 bridgehead atoms. The van der Waals surface area contributed by atoms with Gasteiger partial charge in [0, 0.05) is 0 Å². The third kappa shape index (κ3) is 5.87. The third-order valence-electron chi connectivity index (χ3n) is 3.79. The van der Waals surface area contributed by atoms with Crippen molar-refractivity contribution in [3.05, 3.63) is 64.1 Å². The molecule has 0 saturated heterocycles. The van der Waals surface area contributed by atoms with Gasteiger partial charge in [0.25, 0.3) is 0 Å². The van der Waals surface area contributed by atoms with Gasteiger partial charge in [-0.25, -0.2) is 4.79 Å². The second-order valence-corrected chi connectivity index (χ2v) is 6.56. The summed E-state index contributed by atoms with van der Waals surface area (Å²) < 4.78 is 12.0. The molecule has 0 aliphatic rings. The number of unbranched alkanes of at least 4 members (excludes halogenated alkanes) is 1. The third-order valence-corrected chi connectivity index (χ3v) is 4.41. The van der Waals surface area contributed by atoms with Gasteiger partial charge in [-0.3, -0.25) is 0 Å². The van der Waals surface area contributed by atoms with E-state index < -0.39 is 6.04 Å². The molecular weight excluding hydrogens is 382 g/mol. The van der Waals surface area contributed by atoms with Gasteiger partial charge in [0.1, 0.15) is 18.4 Å². The number of carbonyl (C=O) groups excluding carboxylic acids is 1. The predicted molar refractivity (Wildman–Crippen MR) is 103 cm³/mol. The van der Waals surface area contributed by atoms with Gasteiger partial charge in [0.2, 0.25) is 0 Å². The fourth-order valence-corrected chi connectivity index (χ4v) is 2.88. The largest absolute Gasteiger partial charge is 0.488 e. The van der Waals surface area contributed by atoms with Crippen LogP contribution in [0, 0.1) is 0 Å². The van der Waals surface area contributed by atoms with Crippen molar-refractivity contribution in [3.63, 3.8) is 0 Å². The van der Waals surface area contributed by atoms with Crippen LogP contribution in [0.5, 0.6) is 5.75 Å². The Morgan fingerprint density at radius 1 is 1.20 bits per heavy atom. The number of likely N-dealkylation sites (N-methyl/N-ethyl adjacent to an activating group) is 1. The van der Waals surface area contributed by atoms with Crippen LogP contribution in [0.3, 0.4) is 0 Å². The van der Waals surface area contributed by atoms with E-state index in [9.17, 15) is 4.79 Å². The van der Waals surface area contributed by atoms with E-state index in [1.807, 2.05) is 48.5 Å². The van der Waals surface area contributed by atoms with Crippen LogP contribution in [0.1, 0.15) is 36.9 Å². The standard InChI is InChI=1S/C20H24BrNO3/c1-3-4-12-24-20(23)19(22-2)16-10-11-18(17(21)13-16)25-14-15-8-6-5-7-9-15/h5-11,13,19,22H,3-4,12,14H2,1-2H3. The van der Waals surface area contributed by atoms with Gasteiger partial charge in [-0.05, 0) is 52.7 Å². The van der Waals surface area contributed by atoms with Crippen molar-refractivity contribution < 1.29 is 14.3 Å². The molecule has 0 fully saturated rings. The zero-order valence-corrected chi connectivity index (χ0v) is 16.2. The molecular formula is C20H24BrNO3. The summed E-state index contributed by atoms with van der Waals surface area (Å²) in [5.41, 5.74) is 1.94. The zero-order valence-electron chi connectivity index (χ0n) is 14.6. The second-order valence-electron chi connectivity index (χ2n) is 5.71. The van der Waals surface area contributed by atoms with Crippen molar-refractivity contribution in [2.24, 2.45) is 0 Å². The first-order valence-corrected chi connectivity index (χ1v) is 9.25. The molecule has 1 unspecified atom stereocenters. The van der Waals surface area contributed by atoms with Crippen molar-refractivity contribution in [1.82, 2.24) is 5.32 Å². The minimum absolute atomic E-state index is 0.263. The maximum absolute atomic E-state index is 12.2. The first-order valence-electron chi connectivity index (χ1n) is 8.45. The number of halogens is 1. The van der Waals surface area contributed by atoms with E-state index in [0.29, 0.717) is 13.2 Å². The maximum Gasteiger partial charge on any atom is 0.327 e. The Labute approximate surface area is 157 Å². The molecule has 0 aliphatic carbocycles. The SMILES string of the molecule is CCCCOC(=O)C(NC)c1ccc(OCc2ccccc2)c(Br)c1. The summed E-state index contributed by atoms with van der Waals surface area (Å²) in [7, 11) is 1.75. The van der Waals surface area contributed by atoms with Gasteiger partial charge < -0.3 is 14.8 Å². The lowest BCUT2D eigenvalue weighted by atomic mass is 10.1. The van der Waals surface area contributed by atoms with Crippen LogP contribution in [-0.2, 0) is 16.1 Å². The number of hydrogen-bond donors (Lipinski definition) is 1. The van der Waals surface area contributed by atoms with Crippen LogP contribution in [0.2, 0.25) is 0 Å². The summed E-state index contributed by atoms with van der Waals surface area (Å²) in [5, 5.41) is 3.01. The number of esters is 1. The normalized spacial score (nSPS) is 11.8. The van der Waals surface area contributed by atoms with Gasteiger partial charge in [-0.2, -0.15) is 0 Å². The highest BCUT2D eigenvalue weighted by molar-refractivity contribution is 9.10. The van der Waals surface area contributed by atoms with Gasteiger partial charge in [-0.1, -0.05) is 49.7 Å². The van der Waals surface area contributed by atoms with Gasteiger partial charge >= 0.3 is 5.97 Å². The number of ether oxygens (including phenoxy) is 2. The Balaban J connectivity index is 2.02. The lowest BCUT2D eigenvalue weighted by Gasteiger charge is -2.17. The summed E-state index contributed by atoms with van der Waals surface area (Å²) in [4.78, 5) is 12.2. The number of carbonyl (C=O) groups is 1. The topological polar surface area (TPSA) is 47.6 Å². The van der Waals surface area contributed by atoms with Gasteiger partial charge in [0.15, 0.2) is 0 Å². The van der Waals surface area contributed by atoms with E-state index >= 15 is 0 Å². The minimum atomic E-state index is -0.490. The number of hydrogen-bond acceptors (Lipinski definition) is 4. The molecule has 0 heterocycles. The number of benzene rings is 2. The Hall–Kier alpha value is -1.85. The molecule has 5 heteroatoms. The second kappa shape index (κ2) is 10.2. The molecule has 1 N–H and O–H groups in total. The van der Waals surface area contributed by atoms with Gasteiger partial charge in [0.05, 0.1) is 11.1 Å². The zero-order chi connectivity index (χ0) is 18.1. The van der Waals surface area contributed by atoms with E-state index in [1.165, 1.54) is 0 Å². The first-order chi connectivity index (χ1) is 12.2. The molecule has 1 atom stereocenters. The van der Waals surface area contributed by atoms with Crippen LogP contribution in [0.4, 0.5) is 0 Å². The Kier molecular flexibility index (Phi) is 7.95. The maximum atomic E-state index is 12.2. The molecule has 0 radical (unpaired) electrons. The molecule has 0 aromatic heterocycles. The van der Waals surface area contributed by atoms with Gasteiger partial charge in [-0.15, -0.1) is 0 Å². The molecule has 2 aromatic carbocycles. The van der Waals surface area contributed by atoms with Crippen LogP contribution in [0.15, 0.2) is 53.0 Å². The Morgan fingerprint density at radius 3 is 2.60 bits per heavy atom. The quantitative estimate of drug-likeness (QED) is 0.487. The van der Waals surface area contributed by atoms with Crippen molar-refractivity contribution in [2.45, 2.75) is 32.4 Å². The molecule has 2 aromatic rings. The summed E-state index contributed by atoms with van der Waals surface area (Å²) in [6.45, 7) is 3.01. The number of nitrogens with one attached hydrogen (secondary N) is 1. The van der Waals surface area contributed by atoms with E-state index in [0.717, 1.165) is 34.2 Å². The fourth-order valence-electron chi connectivity index (χ4n) is 2.37. The van der Waals surface area contributed by atoms with Crippen LogP contribution >= 0.6 is 15.9 Å². The summed E-state index contributed by atoms with van der Waals surface area (Å²) in [5.74, 6) is 0.475. The molecule has 0 aliphatic heterocycles. The molecule has 0 saturated carbocycles. The van der Waals surface area contributed by atoms with Crippen LogP contribution < -0.4 is 10.1 Å². The Morgan fingerprint density at radius 2 is 1.96 bits per heavy atom. The van der Waals surface area contributed by atoms with Crippen LogP contribution in [0.25, 0.3) is 0 Å². The summed E-state index contributed by atoms with van der Waals surface area (Å²) in [6, 6.07) is 15.1. The average molecular weight is 406 g/mol. The number of rotatable bonds is 9. The molecule has 0 spiro atoms.